The molecule has 22 heavy (non-hydrogen) atoms. The Morgan fingerprint density at radius 2 is 1.73 bits per heavy atom. The van der Waals surface area contributed by atoms with Gasteiger partial charge in [0.05, 0.1) is 7.11 Å². The Hall–Kier alpha value is -1.60. The Morgan fingerprint density at radius 3 is 2.27 bits per heavy atom. The summed E-state index contributed by atoms with van der Waals surface area (Å²) in [6.07, 6.45) is 0. The molecular formula is C15H22N2O4S. The molecule has 1 amide bonds. The second-order valence-electron chi connectivity index (χ2n) is 5.53. The van der Waals surface area contributed by atoms with Gasteiger partial charge in [-0.1, -0.05) is 26.0 Å². The van der Waals surface area contributed by atoms with Crippen molar-refractivity contribution in [3.8, 4) is 5.75 Å². The van der Waals surface area contributed by atoms with Crippen LogP contribution in [-0.4, -0.2) is 56.8 Å². The number of sulfonamides is 1. The van der Waals surface area contributed by atoms with E-state index >= 15 is 0 Å². The zero-order valence-corrected chi connectivity index (χ0v) is 14.0. The first-order valence-corrected chi connectivity index (χ1v) is 8.74. The summed E-state index contributed by atoms with van der Waals surface area (Å²) in [5.41, 5.74) is 0. The molecular weight excluding hydrogens is 304 g/mol. The molecule has 0 aromatic heterocycles. The van der Waals surface area contributed by atoms with Crippen molar-refractivity contribution in [3.05, 3.63) is 24.3 Å². The molecule has 0 saturated carbocycles. The summed E-state index contributed by atoms with van der Waals surface area (Å²) in [6.45, 7) is 5.15. The number of amides is 1. The molecule has 0 aliphatic carbocycles. The van der Waals surface area contributed by atoms with Crippen molar-refractivity contribution in [1.29, 1.82) is 0 Å². The molecule has 122 valence electrons. The van der Waals surface area contributed by atoms with E-state index in [4.69, 9.17) is 4.74 Å². The summed E-state index contributed by atoms with van der Waals surface area (Å²) >= 11 is 0. The van der Waals surface area contributed by atoms with Crippen molar-refractivity contribution in [1.82, 2.24) is 9.21 Å². The number of rotatable bonds is 4. The molecule has 0 spiro atoms. The summed E-state index contributed by atoms with van der Waals surface area (Å²) in [7, 11) is -2.15. The third-order valence-electron chi connectivity index (χ3n) is 3.73. The summed E-state index contributed by atoms with van der Waals surface area (Å²) in [4.78, 5) is 13.9. The maximum absolute atomic E-state index is 12.7. The standard InChI is InChI=1S/C15H22N2O4S/c1-12(2)15(18)16-8-10-17(11-9-16)22(19,20)14-7-5-4-6-13(14)21-3/h4-7,12H,8-11H2,1-3H3. The SMILES string of the molecule is COc1ccccc1S(=O)(=O)N1CCN(C(=O)C(C)C)CC1. The van der Waals surface area contributed by atoms with Gasteiger partial charge in [0.25, 0.3) is 0 Å². The average Bonchev–Trinajstić information content (AvgIpc) is 2.54. The summed E-state index contributed by atoms with van der Waals surface area (Å²) in [6, 6.07) is 6.58. The van der Waals surface area contributed by atoms with E-state index in [0.29, 0.717) is 31.9 Å². The molecule has 0 N–H and O–H groups in total. The highest BCUT2D eigenvalue weighted by Gasteiger charge is 2.32. The van der Waals surface area contributed by atoms with Gasteiger partial charge in [0.2, 0.25) is 15.9 Å². The monoisotopic (exact) mass is 326 g/mol. The van der Waals surface area contributed by atoms with E-state index in [1.54, 1.807) is 29.2 Å². The van der Waals surface area contributed by atoms with Crippen LogP contribution in [0.5, 0.6) is 5.75 Å². The third-order valence-corrected chi connectivity index (χ3v) is 5.67. The fraction of sp³-hybridized carbons (Fsp3) is 0.533. The van der Waals surface area contributed by atoms with Gasteiger partial charge in [-0.25, -0.2) is 8.42 Å². The molecule has 6 nitrogen and oxygen atoms in total. The minimum atomic E-state index is -3.60. The van der Waals surface area contributed by atoms with Crippen LogP contribution in [-0.2, 0) is 14.8 Å². The van der Waals surface area contributed by atoms with Gasteiger partial charge in [-0.3, -0.25) is 4.79 Å². The number of benzene rings is 1. The molecule has 1 aromatic rings. The third kappa shape index (κ3) is 3.25. The number of hydrogen-bond donors (Lipinski definition) is 0. The molecule has 7 heteroatoms. The Kier molecular flexibility index (Phi) is 5.08. The van der Waals surface area contributed by atoms with Gasteiger partial charge in [0.15, 0.2) is 0 Å². The summed E-state index contributed by atoms with van der Waals surface area (Å²) in [5, 5.41) is 0. The van der Waals surface area contributed by atoms with Crippen molar-refractivity contribution in [2.75, 3.05) is 33.3 Å². The van der Waals surface area contributed by atoms with Crippen LogP contribution in [0.3, 0.4) is 0 Å². The molecule has 1 aromatic carbocycles. The number of carbonyl (C=O) groups is 1. The first-order valence-electron chi connectivity index (χ1n) is 7.30. The lowest BCUT2D eigenvalue weighted by Crippen LogP contribution is -2.51. The van der Waals surface area contributed by atoms with Crippen LogP contribution in [0.4, 0.5) is 0 Å². The van der Waals surface area contributed by atoms with Crippen LogP contribution in [0.2, 0.25) is 0 Å². The van der Waals surface area contributed by atoms with Gasteiger partial charge in [0.1, 0.15) is 10.6 Å². The number of hydrogen-bond acceptors (Lipinski definition) is 4. The highest BCUT2D eigenvalue weighted by atomic mass is 32.2. The zero-order chi connectivity index (χ0) is 16.3. The molecule has 0 radical (unpaired) electrons. The lowest BCUT2D eigenvalue weighted by atomic mass is 10.2. The molecule has 1 aliphatic rings. The van der Waals surface area contributed by atoms with Crippen molar-refractivity contribution >= 4 is 15.9 Å². The minimum absolute atomic E-state index is 0.0642. The van der Waals surface area contributed by atoms with E-state index in [-0.39, 0.29) is 16.7 Å². The molecule has 0 bridgehead atoms. The quantitative estimate of drug-likeness (QED) is 0.833. The number of ether oxygens (including phenoxy) is 1. The number of methoxy groups -OCH3 is 1. The number of carbonyl (C=O) groups excluding carboxylic acids is 1. The Labute approximate surface area is 131 Å². The zero-order valence-electron chi connectivity index (χ0n) is 13.2. The van der Waals surface area contributed by atoms with Crippen molar-refractivity contribution in [2.45, 2.75) is 18.7 Å². The first-order chi connectivity index (χ1) is 10.4. The minimum Gasteiger partial charge on any atom is -0.495 e. The van der Waals surface area contributed by atoms with Gasteiger partial charge in [-0.05, 0) is 12.1 Å². The van der Waals surface area contributed by atoms with Gasteiger partial charge in [0, 0.05) is 32.1 Å². The normalized spacial score (nSPS) is 16.8. The van der Waals surface area contributed by atoms with Crippen molar-refractivity contribution in [2.24, 2.45) is 5.92 Å². The van der Waals surface area contributed by atoms with Gasteiger partial charge < -0.3 is 9.64 Å². The van der Waals surface area contributed by atoms with Gasteiger partial charge >= 0.3 is 0 Å². The molecule has 0 atom stereocenters. The molecule has 1 heterocycles. The predicted octanol–water partition coefficient (Wildman–Crippen LogP) is 1.18. The molecule has 1 saturated heterocycles. The fourth-order valence-corrected chi connectivity index (χ4v) is 4.06. The maximum atomic E-state index is 12.7. The smallest absolute Gasteiger partial charge is 0.246 e. The van der Waals surface area contributed by atoms with Crippen LogP contribution in [0.25, 0.3) is 0 Å². The van der Waals surface area contributed by atoms with Gasteiger partial charge in [-0.2, -0.15) is 4.31 Å². The second-order valence-corrected chi connectivity index (χ2v) is 7.44. The maximum Gasteiger partial charge on any atom is 0.246 e. The lowest BCUT2D eigenvalue weighted by molar-refractivity contribution is -0.135. The van der Waals surface area contributed by atoms with Crippen molar-refractivity contribution < 1.29 is 17.9 Å². The van der Waals surface area contributed by atoms with Crippen LogP contribution < -0.4 is 4.74 Å². The van der Waals surface area contributed by atoms with E-state index in [2.05, 4.69) is 0 Å². The number of nitrogens with zero attached hydrogens (tertiary/aromatic N) is 2. The molecule has 1 aliphatic heterocycles. The topological polar surface area (TPSA) is 66.9 Å². The lowest BCUT2D eigenvalue weighted by Gasteiger charge is -2.35. The summed E-state index contributed by atoms with van der Waals surface area (Å²) < 4.78 is 32.0. The van der Waals surface area contributed by atoms with E-state index in [1.807, 2.05) is 13.8 Å². The number of piperazine rings is 1. The van der Waals surface area contributed by atoms with E-state index < -0.39 is 10.0 Å². The van der Waals surface area contributed by atoms with E-state index in [9.17, 15) is 13.2 Å². The molecule has 0 unspecified atom stereocenters. The van der Waals surface area contributed by atoms with Crippen molar-refractivity contribution in [3.63, 3.8) is 0 Å². The Bertz CT molecular complexity index is 635. The molecule has 2 rings (SSSR count). The first kappa shape index (κ1) is 16.8. The molecule has 1 fully saturated rings. The largest absolute Gasteiger partial charge is 0.495 e. The van der Waals surface area contributed by atoms with Crippen LogP contribution in [0.1, 0.15) is 13.8 Å². The fourth-order valence-electron chi connectivity index (χ4n) is 2.48. The van der Waals surface area contributed by atoms with E-state index in [1.165, 1.54) is 11.4 Å². The highest BCUT2D eigenvalue weighted by molar-refractivity contribution is 7.89. The van der Waals surface area contributed by atoms with Crippen LogP contribution in [0, 0.1) is 5.92 Å². The van der Waals surface area contributed by atoms with Crippen LogP contribution >= 0.6 is 0 Å². The predicted molar refractivity (Wildman–Crippen MR) is 83.2 cm³/mol. The Balaban J connectivity index is 2.15. The highest BCUT2D eigenvalue weighted by Crippen LogP contribution is 2.27. The second kappa shape index (κ2) is 6.66. The van der Waals surface area contributed by atoms with E-state index in [0.717, 1.165) is 0 Å². The summed E-state index contributed by atoms with van der Waals surface area (Å²) in [5.74, 6) is 0.329. The number of para-hydroxylation sites is 1. The average molecular weight is 326 g/mol. The van der Waals surface area contributed by atoms with Crippen LogP contribution in [0.15, 0.2) is 29.2 Å². The van der Waals surface area contributed by atoms with Gasteiger partial charge in [-0.15, -0.1) is 0 Å². The Morgan fingerprint density at radius 1 is 1.14 bits per heavy atom.